The third kappa shape index (κ3) is 5.00. The molecule has 6 heteroatoms. The second kappa shape index (κ2) is 7.91. The molecule has 0 spiro atoms. The van der Waals surface area contributed by atoms with Gasteiger partial charge in [0.1, 0.15) is 0 Å². The Morgan fingerprint density at radius 2 is 2.32 bits per heavy atom. The summed E-state index contributed by atoms with van der Waals surface area (Å²) in [5, 5.41) is 10.4. The van der Waals surface area contributed by atoms with Crippen molar-refractivity contribution in [3.63, 3.8) is 0 Å². The fourth-order valence-electron chi connectivity index (χ4n) is 1.69. The van der Waals surface area contributed by atoms with Crippen LogP contribution in [-0.2, 0) is 29.5 Å². The van der Waals surface area contributed by atoms with E-state index in [2.05, 4.69) is 28.7 Å². The minimum atomic E-state index is -0.239. The molecule has 1 aromatic heterocycles. The van der Waals surface area contributed by atoms with Crippen molar-refractivity contribution in [1.82, 2.24) is 20.4 Å². The molecule has 0 aliphatic rings. The van der Waals surface area contributed by atoms with E-state index in [1.54, 1.807) is 7.11 Å². The normalized spacial score (nSPS) is 12.4. The predicted molar refractivity (Wildman–Crippen MR) is 73.8 cm³/mol. The monoisotopic (exact) mass is 268 g/mol. The Balaban J connectivity index is 2.38. The van der Waals surface area contributed by atoms with Crippen molar-refractivity contribution < 1.29 is 9.53 Å². The summed E-state index contributed by atoms with van der Waals surface area (Å²) in [5.74, 6) is -0.0186. The molecule has 0 saturated heterocycles. The lowest BCUT2D eigenvalue weighted by molar-refractivity contribution is -0.123. The lowest BCUT2D eigenvalue weighted by atomic mass is 10.2. The summed E-state index contributed by atoms with van der Waals surface area (Å²) >= 11 is 0. The van der Waals surface area contributed by atoms with Crippen LogP contribution in [0.3, 0.4) is 0 Å². The van der Waals surface area contributed by atoms with Crippen LogP contribution in [0, 0.1) is 0 Å². The van der Waals surface area contributed by atoms with E-state index in [1.807, 2.05) is 18.7 Å². The van der Waals surface area contributed by atoms with Crippen molar-refractivity contribution in [2.24, 2.45) is 7.05 Å². The number of ether oxygens (including phenoxy) is 1. The Labute approximate surface area is 114 Å². The van der Waals surface area contributed by atoms with Crippen LogP contribution in [0.4, 0.5) is 0 Å². The molecule has 1 amide bonds. The van der Waals surface area contributed by atoms with Gasteiger partial charge >= 0.3 is 0 Å². The summed E-state index contributed by atoms with van der Waals surface area (Å²) in [6.45, 7) is 5.61. The fourth-order valence-corrected chi connectivity index (χ4v) is 1.69. The van der Waals surface area contributed by atoms with Gasteiger partial charge in [-0.15, -0.1) is 0 Å². The number of nitrogens with zero attached hydrogens (tertiary/aromatic N) is 2. The summed E-state index contributed by atoms with van der Waals surface area (Å²) in [6.07, 6.45) is 0.918. The molecule has 108 valence electrons. The molecule has 0 saturated carbocycles. The van der Waals surface area contributed by atoms with Gasteiger partial charge in [0.05, 0.1) is 24.0 Å². The summed E-state index contributed by atoms with van der Waals surface area (Å²) in [7, 11) is 3.53. The molecule has 6 nitrogen and oxygen atoms in total. The Hall–Kier alpha value is -1.40. The van der Waals surface area contributed by atoms with Crippen molar-refractivity contribution in [3.8, 4) is 0 Å². The molecule has 2 N–H and O–H groups in total. The first kappa shape index (κ1) is 15.7. The molecule has 0 radical (unpaired) electrons. The zero-order valence-electron chi connectivity index (χ0n) is 12.2. The number of nitrogens with one attached hydrogen (secondary N) is 2. The second-order valence-electron chi connectivity index (χ2n) is 4.49. The van der Waals surface area contributed by atoms with E-state index in [1.165, 1.54) is 0 Å². The SMILES string of the molecule is CCc1cc(CNC(C)C(=O)NCCOC)n(C)n1. The van der Waals surface area contributed by atoms with E-state index in [9.17, 15) is 4.79 Å². The molecule has 1 atom stereocenters. The van der Waals surface area contributed by atoms with Gasteiger partial charge in [-0.05, 0) is 19.4 Å². The van der Waals surface area contributed by atoms with Crippen molar-refractivity contribution in [2.45, 2.75) is 32.9 Å². The highest BCUT2D eigenvalue weighted by Gasteiger charge is 2.12. The molecule has 0 aliphatic heterocycles. The maximum atomic E-state index is 11.7. The van der Waals surface area contributed by atoms with Gasteiger partial charge in [-0.25, -0.2) is 0 Å². The van der Waals surface area contributed by atoms with Crippen LogP contribution < -0.4 is 10.6 Å². The maximum absolute atomic E-state index is 11.7. The number of carbonyl (C=O) groups is 1. The van der Waals surface area contributed by atoms with Gasteiger partial charge in [0.15, 0.2) is 0 Å². The molecule has 1 rings (SSSR count). The maximum Gasteiger partial charge on any atom is 0.236 e. The largest absolute Gasteiger partial charge is 0.383 e. The topological polar surface area (TPSA) is 68.2 Å². The number of carbonyl (C=O) groups excluding carboxylic acids is 1. The lowest BCUT2D eigenvalue weighted by Crippen LogP contribution is -2.43. The summed E-state index contributed by atoms with van der Waals surface area (Å²) in [5.41, 5.74) is 2.14. The van der Waals surface area contributed by atoms with Gasteiger partial charge in [-0.3, -0.25) is 9.48 Å². The summed E-state index contributed by atoms with van der Waals surface area (Å²) in [6, 6.07) is 1.82. The van der Waals surface area contributed by atoms with Gasteiger partial charge in [0.2, 0.25) is 5.91 Å². The number of aromatic nitrogens is 2. The summed E-state index contributed by atoms with van der Waals surface area (Å²) in [4.78, 5) is 11.7. The second-order valence-corrected chi connectivity index (χ2v) is 4.49. The zero-order valence-corrected chi connectivity index (χ0v) is 12.2. The van der Waals surface area contributed by atoms with Gasteiger partial charge in [0.25, 0.3) is 0 Å². The summed E-state index contributed by atoms with van der Waals surface area (Å²) < 4.78 is 6.73. The first-order valence-corrected chi connectivity index (χ1v) is 6.60. The molecular formula is C13H24N4O2. The van der Waals surface area contributed by atoms with Crippen LogP contribution in [0.15, 0.2) is 6.07 Å². The smallest absolute Gasteiger partial charge is 0.236 e. The molecule has 1 unspecified atom stereocenters. The quantitative estimate of drug-likeness (QED) is 0.662. The van der Waals surface area contributed by atoms with Gasteiger partial charge < -0.3 is 15.4 Å². The first-order valence-electron chi connectivity index (χ1n) is 6.60. The van der Waals surface area contributed by atoms with E-state index in [4.69, 9.17) is 4.74 Å². The highest BCUT2D eigenvalue weighted by Crippen LogP contribution is 2.03. The molecule has 19 heavy (non-hydrogen) atoms. The first-order chi connectivity index (χ1) is 9.08. The number of amides is 1. The molecule has 0 bridgehead atoms. The van der Waals surface area contributed by atoms with Crippen molar-refractivity contribution in [2.75, 3.05) is 20.3 Å². The third-order valence-corrected chi connectivity index (χ3v) is 2.98. The zero-order chi connectivity index (χ0) is 14.3. The number of hydrogen-bond donors (Lipinski definition) is 2. The Morgan fingerprint density at radius 1 is 1.58 bits per heavy atom. The van der Waals surface area contributed by atoms with Gasteiger partial charge in [-0.1, -0.05) is 6.92 Å². The van der Waals surface area contributed by atoms with E-state index in [-0.39, 0.29) is 11.9 Å². The Morgan fingerprint density at radius 3 is 2.89 bits per heavy atom. The molecule has 0 fully saturated rings. The van der Waals surface area contributed by atoms with Crippen LogP contribution in [-0.4, -0.2) is 42.0 Å². The average Bonchev–Trinajstić information content (AvgIpc) is 2.76. The van der Waals surface area contributed by atoms with E-state index in [0.29, 0.717) is 19.7 Å². The minimum absolute atomic E-state index is 0.0186. The number of hydrogen-bond acceptors (Lipinski definition) is 4. The highest BCUT2D eigenvalue weighted by molar-refractivity contribution is 5.81. The highest BCUT2D eigenvalue weighted by atomic mass is 16.5. The number of rotatable bonds is 8. The van der Waals surface area contributed by atoms with Gasteiger partial charge in [0, 0.05) is 27.2 Å². The average molecular weight is 268 g/mol. The van der Waals surface area contributed by atoms with Crippen molar-refractivity contribution >= 4 is 5.91 Å². The molecular weight excluding hydrogens is 244 g/mol. The number of methoxy groups -OCH3 is 1. The molecule has 1 aromatic rings. The van der Waals surface area contributed by atoms with Crippen LogP contribution in [0.2, 0.25) is 0 Å². The fraction of sp³-hybridized carbons (Fsp3) is 0.692. The molecule has 1 heterocycles. The van der Waals surface area contributed by atoms with Crippen molar-refractivity contribution in [1.29, 1.82) is 0 Å². The Kier molecular flexibility index (Phi) is 6.52. The number of aryl methyl sites for hydroxylation is 2. The minimum Gasteiger partial charge on any atom is -0.383 e. The van der Waals surface area contributed by atoms with Crippen LogP contribution in [0.1, 0.15) is 25.2 Å². The van der Waals surface area contributed by atoms with Gasteiger partial charge in [-0.2, -0.15) is 5.10 Å². The van der Waals surface area contributed by atoms with Crippen LogP contribution in [0.25, 0.3) is 0 Å². The van der Waals surface area contributed by atoms with E-state index < -0.39 is 0 Å². The standard InChI is InChI=1S/C13H24N4O2/c1-5-11-8-12(17(3)16-11)9-15-10(2)13(18)14-6-7-19-4/h8,10,15H,5-7,9H2,1-4H3,(H,14,18). The predicted octanol–water partition coefficient (Wildman–Crippen LogP) is 0.223. The van der Waals surface area contributed by atoms with E-state index >= 15 is 0 Å². The van der Waals surface area contributed by atoms with Crippen LogP contribution in [0.5, 0.6) is 0 Å². The third-order valence-electron chi connectivity index (χ3n) is 2.98. The van der Waals surface area contributed by atoms with E-state index in [0.717, 1.165) is 17.8 Å². The molecule has 0 aliphatic carbocycles. The lowest BCUT2D eigenvalue weighted by Gasteiger charge is -2.13. The van der Waals surface area contributed by atoms with Crippen molar-refractivity contribution in [3.05, 3.63) is 17.5 Å². The van der Waals surface area contributed by atoms with Crippen LogP contribution >= 0.6 is 0 Å². The molecule has 0 aromatic carbocycles. The Bertz CT molecular complexity index is 403.